The molecule has 132 valence electrons. The summed E-state index contributed by atoms with van der Waals surface area (Å²) < 4.78 is 12.9. The highest BCUT2D eigenvalue weighted by atomic mass is 16.6. The minimum absolute atomic E-state index is 0.158. The lowest BCUT2D eigenvalue weighted by Gasteiger charge is -2.12. The molecule has 25 heavy (non-hydrogen) atoms. The standard InChI is InChI=1S/C17H20N4O4/c1-4-7-18-16-20(3)14-6-5-12(8-15(14)25-16)21-10-13(24-17(21)23)9-19-11(2)22/h4-6,8,13H,1,7,9-10H2,2-3H3,(H,19,22)/t13-/m0/s1. The molecule has 2 amide bonds. The van der Waals surface area contributed by atoms with E-state index in [1.807, 2.05) is 23.7 Å². The minimum Gasteiger partial charge on any atom is -0.442 e. The van der Waals surface area contributed by atoms with E-state index in [0.29, 0.717) is 36.6 Å². The first-order valence-corrected chi connectivity index (χ1v) is 7.93. The predicted octanol–water partition coefficient (Wildman–Crippen LogP) is 1.32. The van der Waals surface area contributed by atoms with Crippen LogP contribution in [-0.4, -0.2) is 42.3 Å². The number of ether oxygens (including phenoxy) is 1. The van der Waals surface area contributed by atoms with Crippen molar-refractivity contribution in [3.05, 3.63) is 36.5 Å². The number of rotatable bonds is 5. The third-order valence-corrected chi connectivity index (χ3v) is 3.91. The van der Waals surface area contributed by atoms with Crippen LogP contribution in [0.2, 0.25) is 0 Å². The van der Waals surface area contributed by atoms with Crippen molar-refractivity contribution >= 4 is 28.8 Å². The van der Waals surface area contributed by atoms with Crippen LogP contribution in [0.5, 0.6) is 0 Å². The quantitative estimate of drug-likeness (QED) is 0.829. The molecule has 1 aromatic carbocycles. The van der Waals surface area contributed by atoms with Crippen molar-refractivity contribution in [1.29, 1.82) is 0 Å². The summed E-state index contributed by atoms with van der Waals surface area (Å²) in [7, 11) is 1.86. The summed E-state index contributed by atoms with van der Waals surface area (Å²) in [6, 6.07) is 5.48. The zero-order valence-corrected chi connectivity index (χ0v) is 14.2. The molecule has 1 aliphatic rings. The van der Waals surface area contributed by atoms with Crippen LogP contribution in [0.25, 0.3) is 11.1 Å². The highest BCUT2D eigenvalue weighted by molar-refractivity contribution is 5.92. The first-order valence-electron chi connectivity index (χ1n) is 7.93. The molecule has 2 aromatic rings. The van der Waals surface area contributed by atoms with Gasteiger partial charge in [-0.25, -0.2) is 9.79 Å². The largest absolute Gasteiger partial charge is 0.442 e. The van der Waals surface area contributed by atoms with Crippen molar-refractivity contribution < 1.29 is 18.7 Å². The molecule has 0 bridgehead atoms. The average Bonchev–Trinajstić information content (AvgIpc) is 3.11. The number of fused-ring (bicyclic) bond motifs is 1. The fourth-order valence-corrected chi connectivity index (χ4v) is 2.68. The molecule has 1 N–H and O–H groups in total. The molecular weight excluding hydrogens is 324 g/mol. The molecule has 0 radical (unpaired) electrons. The molecule has 1 atom stereocenters. The number of oxazole rings is 1. The predicted molar refractivity (Wildman–Crippen MR) is 92.1 cm³/mol. The molecule has 3 rings (SSSR count). The summed E-state index contributed by atoms with van der Waals surface area (Å²) in [4.78, 5) is 28.9. The minimum atomic E-state index is -0.442. The maximum atomic E-state index is 12.1. The second-order valence-corrected chi connectivity index (χ2v) is 5.78. The molecule has 2 heterocycles. The molecule has 1 aromatic heterocycles. The van der Waals surface area contributed by atoms with Crippen LogP contribution in [0.3, 0.4) is 0 Å². The summed E-state index contributed by atoms with van der Waals surface area (Å²) in [5.41, 5.74) is 2.65. The Bertz CT molecular complexity index is 896. The molecule has 1 aliphatic heterocycles. The Labute approximate surface area is 144 Å². The van der Waals surface area contributed by atoms with E-state index >= 15 is 0 Å². The number of aromatic nitrogens is 1. The van der Waals surface area contributed by atoms with E-state index < -0.39 is 6.09 Å². The Kier molecular flexibility index (Phi) is 4.60. The summed E-state index contributed by atoms with van der Waals surface area (Å²) in [6.07, 6.45) is 0.869. The third-order valence-electron chi connectivity index (χ3n) is 3.91. The van der Waals surface area contributed by atoms with Gasteiger partial charge in [0.1, 0.15) is 6.10 Å². The Morgan fingerprint density at radius 2 is 2.32 bits per heavy atom. The van der Waals surface area contributed by atoms with Crippen LogP contribution in [0, 0.1) is 0 Å². The number of hydrogen-bond acceptors (Lipinski definition) is 5. The van der Waals surface area contributed by atoms with Crippen molar-refractivity contribution in [3.63, 3.8) is 0 Å². The fraction of sp³-hybridized carbons (Fsp3) is 0.353. The van der Waals surface area contributed by atoms with Gasteiger partial charge < -0.3 is 14.5 Å². The molecule has 1 fully saturated rings. The summed E-state index contributed by atoms with van der Waals surface area (Å²) in [6.45, 7) is 6.18. The van der Waals surface area contributed by atoms with Gasteiger partial charge >= 0.3 is 6.09 Å². The first kappa shape index (κ1) is 16.8. The Morgan fingerprint density at radius 1 is 1.52 bits per heavy atom. The number of aryl methyl sites for hydroxylation is 1. The van der Waals surface area contributed by atoms with E-state index in [-0.39, 0.29) is 12.0 Å². The molecule has 0 saturated carbocycles. The highest BCUT2D eigenvalue weighted by Gasteiger charge is 2.32. The second-order valence-electron chi connectivity index (χ2n) is 5.78. The van der Waals surface area contributed by atoms with Crippen LogP contribution < -0.4 is 15.9 Å². The van der Waals surface area contributed by atoms with Gasteiger partial charge in [-0.15, -0.1) is 6.58 Å². The fourth-order valence-electron chi connectivity index (χ4n) is 2.68. The monoisotopic (exact) mass is 344 g/mol. The van der Waals surface area contributed by atoms with E-state index in [2.05, 4.69) is 16.9 Å². The summed E-state index contributed by atoms with van der Waals surface area (Å²) in [5, 5.41) is 2.65. The first-order chi connectivity index (χ1) is 12.0. The maximum absolute atomic E-state index is 12.1. The average molecular weight is 344 g/mol. The molecule has 1 saturated heterocycles. The van der Waals surface area contributed by atoms with E-state index in [9.17, 15) is 9.59 Å². The van der Waals surface area contributed by atoms with Gasteiger partial charge in [0.15, 0.2) is 5.58 Å². The molecular formula is C17H20N4O4. The molecule has 8 nitrogen and oxygen atoms in total. The molecule has 8 heteroatoms. The number of nitrogens with zero attached hydrogens (tertiary/aromatic N) is 3. The zero-order valence-electron chi connectivity index (χ0n) is 14.2. The number of hydrogen-bond donors (Lipinski definition) is 1. The van der Waals surface area contributed by atoms with Crippen molar-refractivity contribution in [1.82, 2.24) is 9.88 Å². The van der Waals surface area contributed by atoms with Gasteiger partial charge in [0, 0.05) is 20.0 Å². The number of benzene rings is 1. The topological polar surface area (TPSA) is 89.1 Å². The Hall–Kier alpha value is -3.03. The van der Waals surface area contributed by atoms with Gasteiger partial charge in [-0.3, -0.25) is 14.3 Å². The van der Waals surface area contributed by atoms with Gasteiger partial charge in [0.25, 0.3) is 5.68 Å². The van der Waals surface area contributed by atoms with Crippen LogP contribution in [0.1, 0.15) is 6.92 Å². The number of cyclic esters (lactones) is 1. The summed E-state index contributed by atoms with van der Waals surface area (Å²) >= 11 is 0. The third kappa shape index (κ3) is 3.42. The van der Waals surface area contributed by atoms with Gasteiger partial charge in [-0.1, -0.05) is 6.08 Å². The smallest absolute Gasteiger partial charge is 0.414 e. The van der Waals surface area contributed by atoms with E-state index in [0.717, 1.165) is 5.52 Å². The SMILES string of the molecule is C=CCN=c1oc2cc(N3C[C@H](CNC(C)=O)OC3=O)ccc2n1C. The molecule has 0 unspecified atom stereocenters. The van der Waals surface area contributed by atoms with Crippen LogP contribution in [-0.2, 0) is 16.6 Å². The molecule has 0 aliphatic carbocycles. The maximum Gasteiger partial charge on any atom is 0.414 e. The van der Waals surface area contributed by atoms with Crippen LogP contribution in [0.15, 0.2) is 40.3 Å². The Morgan fingerprint density at radius 3 is 3.04 bits per heavy atom. The lowest BCUT2D eigenvalue weighted by Crippen LogP contribution is -2.33. The van der Waals surface area contributed by atoms with Crippen molar-refractivity contribution in [2.24, 2.45) is 12.0 Å². The van der Waals surface area contributed by atoms with Crippen LogP contribution in [0.4, 0.5) is 10.5 Å². The summed E-state index contributed by atoms with van der Waals surface area (Å²) in [5.74, 6) is -0.158. The van der Waals surface area contributed by atoms with E-state index in [1.165, 1.54) is 11.8 Å². The van der Waals surface area contributed by atoms with Crippen molar-refractivity contribution in [3.8, 4) is 0 Å². The number of carbonyl (C=O) groups is 2. The lowest BCUT2D eigenvalue weighted by molar-refractivity contribution is -0.119. The van der Waals surface area contributed by atoms with Gasteiger partial charge in [0.05, 0.1) is 30.8 Å². The van der Waals surface area contributed by atoms with Crippen LogP contribution >= 0.6 is 0 Å². The van der Waals surface area contributed by atoms with Crippen molar-refractivity contribution in [2.45, 2.75) is 13.0 Å². The van der Waals surface area contributed by atoms with Gasteiger partial charge in [-0.2, -0.15) is 0 Å². The number of nitrogens with one attached hydrogen (secondary N) is 1. The van der Waals surface area contributed by atoms with E-state index in [4.69, 9.17) is 9.15 Å². The lowest BCUT2D eigenvalue weighted by atomic mass is 10.2. The van der Waals surface area contributed by atoms with Gasteiger partial charge in [0.2, 0.25) is 5.91 Å². The molecule has 0 spiro atoms. The zero-order chi connectivity index (χ0) is 18.0. The van der Waals surface area contributed by atoms with E-state index in [1.54, 1.807) is 12.1 Å². The number of anilines is 1. The van der Waals surface area contributed by atoms with Crippen molar-refractivity contribution in [2.75, 3.05) is 24.5 Å². The van der Waals surface area contributed by atoms with Gasteiger partial charge in [-0.05, 0) is 12.1 Å². The number of carbonyl (C=O) groups excluding carboxylic acids is 2. The highest BCUT2D eigenvalue weighted by Crippen LogP contribution is 2.25. The number of amides is 2. The second kappa shape index (κ2) is 6.84. The Balaban J connectivity index is 1.85. The normalized spacial score (nSPS) is 17.8.